The minimum Gasteiger partial charge on any atom is -0.776 e. The molecule has 0 fully saturated rings. The quantitative estimate of drug-likeness (QED) is 0.252. The van der Waals surface area contributed by atoms with E-state index in [1.54, 1.807) is 0 Å². The van der Waals surface area contributed by atoms with E-state index in [2.05, 4.69) is 0 Å². The van der Waals surface area contributed by atoms with Gasteiger partial charge in [0, 0.05) is 4.11 Å². The fraction of sp³-hybridized carbons (Fsp3) is 1.00. The van der Waals surface area contributed by atoms with Gasteiger partial charge in [0.05, 0.1) is 0 Å². The van der Waals surface area contributed by atoms with Gasteiger partial charge in [-0.3, -0.25) is 0 Å². The molecule has 0 aliphatic heterocycles. The molecule has 2 atom stereocenters. The van der Waals surface area contributed by atoms with Crippen LogP contribution in [0, 0.1) is 0 Å². The summed E-state index contributed by atoms with van der Waals surface area (Å²) in [4.78, 5) is 37.3. The Morgan fingerprint density at radius 3 is 1.46 bits per heavy atom. The van der Waals surface area contributed by atoms with Crippen molar-refractivity contribution in [2.75, 3.05) is 0 Å². The Morgan fingerprint density at radius 1 is 1.23 bits per heavy atom. The number of rotatable bonds is 2. The molecule has 0 saturated carbocycles. The first-order valence-corrected chi connectivity index (χ1v) is 5.21. The molecule has 13 heavy (non-hydrogen) atoms. The Kier molecular flexibility index (Phi) is 6.26. The van der Waals surface area contributed by atoms with Gasteiger partial charge in [-0.25, -0.2) is 0 Å². The largest absolute Gasteiger partial charge is 1.00 e. The van der Waals surface area contributed by atoms with Crippen molar-refractivity contribution in [2.24, 2.45) is 0 Å². The molecule has 0 aliphatic rings. The Morgan fingerprint density at radius 2 is 1.46 bits per heavy atom. The SMILES string of the molecule is [2H][13C]([2H])([2H])C(O)(P(=O)([O-])O)P(=O)([O-])O.[Na+].[Na+]. The van der Waals surface area contributed by atoms with Crippen LogP contribution in [0.4, 0.5) is 0 Å². The van der Waals surface area contributed by atoms with Crippen LogP contribution < -0.4 is 68.9 Å². The van der Waals surface area contributed by atoms with E-state index in [0.717, 1.165) is 0 Å². The molecule has 0 radical (unpaired) electrons. The van der Waals surface area contributed by atoms with Gasteiger partial charge in [0.25, 0.3) is 0 Å². The molecule has 7 nitrogen and oxygen atoms in total. The van der Waals surface area contributed by atoms with Crippen molar-refractivity contribution in [3.63, 3.8) is 0 Å². The minimum absolute atomic E-state index is 0. The number of hydrogen-bond donors (Lipinski definition) is 3. The molecule has 0 aromatic carbocycles. The fourth-order valence-corrected chi connectivity index (χ4v) is 1.44. The maximum Gasteiger partial charge on any atom is 1.00 e. The molecular weight excluding hydrogens is 245 g/mol. The molecule has 0 rings (SSSR count). The van der Waals surface area contributed by atoms with Gasteiger partial charge in [0.1, 0.15) is 0 Å². The van der Waals surface area contributed by atoms with E-state index in [-0.39, 0.29) is 59.1 Å². The van der Waals surface area contributed by atoms with Crippen LogP contribution in [0.25, 0.3) is 0 Å². The van der Waals surface area contributed by atoms with Crippen LogP contribution in [-0.2, 0) is 9.13 Å². The molecule has 0 aromatic rings. The molecule has 0 amide bonds. The first kappa shape index (κ1) is 13.3. The van der Waals surface area contributed by atoms with E-state index in [1.807, 2.05) is 0 Å². The molecule has 0 saturated heterocycles. The fourth-order valence-electron chi connectivity index (χ4n) is 0.160. The second-order valence-electron chi connectivity index (χ2n) is 1.68. The standard InChI is InChI=1S/C2H8O7P2.2Na/c1-2(3,10(4,5)6)11(7,8)9;;/h3H,1H3,(H2,4,5,6)(H2,7,8,9);;/q;2*+1/p-2/i1+1D3;;. The first-order valence-electron chi connectivity index (χ1n) is 3.55. The van der Waals surface area contributed by atoms with Crippen LogP contribution in [0.5, 0.6) is 0 Å². The summed E-state index contributed by atoms with van der Waals surface area (Å²) >= 11 is 0. The zero-order chi connectivity index (χ0) is 12.0. The van der Waals surface area contributed by atoms with Gasteiger partial charge in [-0.05, 0) is 6.85 Å². The molecule has 0 heterocycles. The van der Waals surface area contributed by atoms with Gasteiger partial charge in [-0.15, -0.1) is 0 Å². The van der Waals surface area contributed by atoms with E-state index in [0.29, 0.717) is 0 Å². The third kappa shape index (κ3) is 5.22. The molecule has 11 heteroatoms. The van der Waals surface area contributed by atoms with Gasteiger partial charge >= 0.3 is 59.1 Å². The summed E-state index contributed by atoms with van der Waals surface area (Å²) in [6.45, 7) is -4.02. The summed E-state index contributed by atoms with van der Waals surface area (Å²) < 4.78 is 40.0. The van der Waals surface area contributed by atoms with Gasteiger partial charge in [-0.1, -0.05) is 0 Å². The predicted octanol–water partition coefficient (Wildman–Crippen LogP) is -8.25. The first-order chi connectivity index (χ1) is 5.75. The summed E-state index contributed by atoms with van der Waals surface area (Å²) in [6, 6.07) is 0. The van der Waals surface area contributed by atoms with Crippen molar-refractivity contribution >= 4 is 15.2 Å². The van der Waals surface area contributed by atoms with E-state index in [1.165, 1.54) is 0 Å². The van der Waals surface area contributed by atoms with E-state index in [9.17, 15) is 18.9 Å². The maximum absolute atomic E-state index is 10.4. The van der Waals surface area contributed by atoms with Crippen molar-refractivity contribution in [1.29, 1.82) is 0 Å². The Balaban J connectivity index is -0.000000845. The smallest absolute Gasteiger partial charge is 0.776 e. The molecule has 68 valence electrons. The normalized spacial score (nSPS) is 28.2. The topological polar surface area (TPSA) is 141 Å². The van der Waals surface area contributed by atoms with Gasteiger partial charge in [-0.2, -0.15) is 0 Å². The van der Waals surface area contributed by atoms with E-state index < -0.39 is 27.1 Å². The van der Waals surface area contributed by atoms with Crippen molar-refractivity contribution in [3.8, 4) is 0 Å². The third-order valence-corrected chi connectivity index (χ3v) is 3.88. The number of aliphatic hydroxyl groups is 1. The van der Waals surface area contributed by atoms with Gasteiger partial charge in [0.2, 0.25) is 0 Å². The van der Waals surface area contributed by atoms with Crippen LogP contribution in [0.15, 0.2) is 0 Å². The zero-order valence-corrected chi connectivity index (χ0v) is 12.7. The van der Waals surface area contributed by atoms with Crippen LogP contribution in [0.3, 0.4) is 0 Å². The van der Waals surface area contributed by atoms with E-state index in [4.69, 9.17) is 19.0 Å². The molecule has 0 aromatic heterocycles. The molecule has 0 bridgehead atoms. The molecule has 2 unspecified atom stereocenters. The van der Waals surface area contributed by atoms with Crippen LogP contribution in [-0.4, -0.2) is 20.0 Å². The second-order valence-corrected chi connectivity index (χ2v) is 5.41. The van der Waals surface area contributed by atoms with Gasteiger partial charge in [0.15, 0.2) is 20.3 Å². The van der Waals surface area contributed by atoms with Crippen molar-refractivity contribution in [3.05, 3.63) is 0 Å². The average molecular weight is 254 g/mol. The van der Waals surface area contributed by atoms with Crippen LogP contribution in [0.2, 0.25) is 0 Å². The maximum atomic E-state index is 10.4. The summed E-state index contributed by atoms with van der Waals surface area (Å²) in [5.41, 5.74) is 0. The molecular formula is C2H6Na2O7P2. The number of hydrogen-bond acceptors (Lipinski definition) is 5. The summed E-state index contributed by atoms with van der Waals surface area (Å²) in [5.74, 6) is 0. The minimum atomic E-state index is -6.21. The molecule has 0 spiro atoms. The van der Waals surface area contributed by atoms with Crippen molar-refractivity contribution < 1.29 is 97.0 Å². The van der Waals surface area contributed by atoms with Crippen molar-refractivity contribution in [2.45, 2.75) is 11.9 Å². The average Bonchev–Trinajstić information content (AvgIpc) is 1.77. The summed E-state index contributed by atoms with van der Waals surface area (Å²) in [6.07, 6.45) is 0. The Bertz CT molecular complexity index is 296. The van der Waals surface area contributed by atoms with Crippen LogP contribution in [0.1, 0.15) is 11.0 Å². The summed E-state index contributed by atoms with van der Waals surface area (Å²) in [7, 11) is -12.4. The second kappa shape index (κ2) is 6.11. The monoisotopic (exact) mass is 254 g/mol. The molecule has 0 aliphatic carbocycles. The third-order valence-electron chi connectivity index (χ3n) is 0.788. The van der Waals surface area contributed by atoms with Gasteiger partial charge < -0.3 is 33.8 Å². The molecule has 3 N–H and O–H groups in total. The summed E-state index contributed by atoms with van der Waals surface area (Å²) in [5, 5.41) is 4.23. The zero-order valence-electron chi connectivity index (χ0n) is 9.87. The van der Waals surface area contributed by atoms with E-state index >= 15 is 0 Å². The van der Waals surface area contributed by atoms with Crippen LogP contribution >= 0.6 is 15.2 Å². The Hall–Kier alpha value is 2.26. The predicted molar refractivity (Wildman–Crippen MR) is 30.3 cm³/mol. The van der Waals surface area contributed by atoms with Crippen molar-refractivity contribution in [1.82, 2.24) is 0 Å². The Labute approximate surface area is 123 Å².